The Kier molecular flexibility index (Phi) is 3.48. The highest BCUT2D eigenvalue weighted by molar-refractivity contribution is 5.88. The maximum Gasteiger partial charge on any atom is 0.253 e. The normalized spacial score (nSPS) is 10.8. The number of benzene rings is 1. The standard InChI is InChI=1S/C16H16N2O3/c1-4-13-12-6-5-11(19-2)7-10(12)8-14(17-13)16-18-15(20-3)9-21-16/h5-9H,4H2,1-3H3. The van der Waals surface area contributed by atoms with Gasteiger partial charge in [-0.3, -0.25) is 0 Å². The van der Waals surface area contributed by atoms with E-state index in [0.717, 1.165) is 28.6 Å². The van der Waals surface area contributed by atoms with Crippen LogP contribution in [-0.2, 0) is 6.42 Å². The molecule has 0 bridgehead atoms. The van der Waals surface area contributed by atoms with E-state index in [1.54, 1.807) is 14.2 Å². The molecule has 0 aliphatic rings. The van der Waals surface area contributed by atoms with Gasteiger partial charge in [0.1, 0.15) is 11.4 Å². The summed E-state index contributed by atoms with van der Waals surface area (Å²) in [5.41, 5.74) is 1.69. The van der Waals surface area contributed by atoms with E-state index in [1.165, 1.54) is 6.26 Å². The fourth-order valence-electron chi connectivity index (χ4n) is 2.28. The van der Waals surface area contributed by atoms with Crippen LogP contribution >= 0.6 is 0 Å². The Labute approximate surface area is 122 Å². The lowest BCUT2D eigenvalue weighted by Gasteiger charge is -2.08. The Morgan fingerprint density at radius 2 is 1.95 bits per heavy atom. The van der Waals surface area contributed by atoms with Gasteiger partial charge in [-0.05, 0) is 36.1 Å². The third-order valence-electron chi connectivity index (χ3n) is 3.36. The van der Waals surface area contributed by atoms with Crippen molar-refractivity contribution in [2.45, 2.75) is 13.3 Å². The zero-order valence-electron chi connectivity index (χ0n) is 12.2. The Morgan fingerprint density at radius 1 is 1.10 bits per heavy atom. The molecule has 0 aliphatic carbocycles. The van der Waals surface area contributed by atoms with Gasteiger partial charge in [-0.2, -0.15) is 4.98 Å². The van der Waals surface area contributed by atoms with Gasteiger partial charge >= 0.3 is 0 Å². The van der Waals surface area contributed by atoms with Crippen LogP contribution in [0.2, 0.25) is 0 Å². The first-order chi connectivity index (χ1) is 10.2. The average molecular weight is 284 g/mol. The first-order valence-electron chi connectivity index (χ1n) is 6.72. The van der Waals surface area contributed by atoms with E-state index in [1.807, 2.05) is 24.3 Å². The van der Waals surface area contributed by atoms with E-state index >= 15 is 0 Å². The van der Waals surface area contributed by atoms with Gasteiger partial charge in [0.05, 0.1) is 14.2 Å². The number of rotatable bonds is 4. The molecule has 3 aromatic rings. The number of nitrogens with zero attached hydrogens (tertiary/aromatic N) is 2. The van der Waals surface area contributed by atoms with E-state index in [9.17, 15) is 0 Å². The SMILES string of the molecule is CCc1nc(-c2nc(OC)co2)cc2cc(OC)ccc12. The van der Waals surface area contributed by atoms with Crippen LogP contribution in [0.5, 0.6) is 11.6 Å². The van der Waals surface area contributed by atoms with Crippen LogP contribution in [0.25, 0.3) is 22.4 Å². The third-order valence-corrected chi connectivity index (χ3v) is 3.36. The summed E-state index contributed by atoms with van der Waals surface area (Å²) >= 11 is 0. The lowest BCUT2D eigenvalue weighted by atomic mass is 10.1. The molecular formula is C16H16N2O3. The van der Waals surface area contributed by atoms with Gasteiger partial charge in [-0.15, -0.1) is 0 Å². The highest BCUT2D eigenvalue weighted by atomic mass is 16.5. The van der Waals surface area contributed by atoms with Crippen LogP contribution in [0.1, 0.15) is 12.6 Å². The van der Waals surface area contributed by atoms with Gasteiger partial charge in [-0.25, -0.2) is 4.98 Å². The van der Waals surface area contributed by atoms with Crippen LogP contribution < -0.4 is 9.47 Å². The van der Waals surface area contributed by atoms with Gasteiger partial charge in [-0.1, -0.05) is 6.92 Å². The van der Waals surface area contributed by atoms with Crippen LogP contribution in [-0.4, -0.2) is 24.2 Å². The van der Waals surface area contributed by atoms with Crippen molar-refractivity contribution in [1.29, 1.82) is 0 Å². The number of fused-ring (bicyclic) bond motifs is 1. The molecule has 3 rings (SSSR count). The van der Waals surface area contributed by atoms with Gasteiger partial charge in [0, 0.05) is 11.1 Å². The van der Waals surface area contributed by atoms with Crippen molar-refractivity contribution >= 4 is 10.8 Å². The Morgan fingerprint density at radius 3 is 2.62 bits per heavy atom. The summed E-state index contributed by atoms with van der Waals surface area (Å²) in [5.74, 6) is 1.70. The van der Waals surface area contributed by atoms with E-state index in [0.29, 0.717) is 17.5 Å². The van der Waals surface area contributed by atoms with Crippen molar-refractivity contribution in [3.05, 3.63) is 36.2 Å². The van der Waals surface area contributed by atoms with E-state index in [-0.39, 0.29) is 0 Å². The molecule has 0 N–H and O–H groups in total. The summed E-state index contributed by atoms with van der Waals surface area (Å²) in [6.45, 7) is 2.08. The molecule has 1 aromatic carbocycles. The predicted octanol–water partition coefficient (Wildman–Crippen LogP) is 3.47. The number of hydrogen-bond donors (Lipinski definition) is 0. The smallest absolute Gasteiger partial charge is 0.253 e. The van der Waals surface area contributed by atoms with Gasteiger partial charge in [0.25, 0.3) is 5.88 Å². The minimum absolute atomic E-state index is 0.440. The molecule has 5 heteroatoms. The maximum absolute atomic E-state index is 5.42. The lowest BCUT2D eigenvalue weighted by Crippen LogP contribution is -1.94. The zero-order valence-corrected chi connectivity index (χ0v) is 12.2. The molecule has 5 nitrogen and oxygen atoms in total. The summed E-state index contributed by atoms with van der Waals surface area (Å²) < 4.78 is 15.7. The number of aryl methyl sites for hydroxylation is 1. The van der Waals surface area contributed by atoms with E-state index < -0.39 is 0 Å². The number of hydrogen-bond acceptors (Lipinski definition) is 5. The summed E-state index contributed by atoms with van der Waals surface area (Å²) in [7, 11) is 3.21. The molecule has 108 valence electrons. The number of pyridine rings is 1. The van der Waals surface area contributed by atoms with E-state index in [4.69, 9.17) is 13.9 Å². The molecule has 0 unspecified atom stereocenters. The van der Waals surface area contributed by atoms with Crippen molar-refractivity contribution in [3.8, 4) is 23.2 Å². The van der Waals surface area contributed by atoms with Crippen molar-refractivity contribution in [2.24, 2.45) is 0 Å². The topological polar surface area (TPSA) is 57.4 Å². The molecule has 0 saturated carbocycles. The first-order valence-corrected chi connectivity index (χ1v) is 6.72. The molecule has 0 spiro atoms. The highest BCUT2D eigenvalue weighted by Crippen LogP contribution is 2.28. The minimum Gasteiger partial charge on any atom is -0.497 e. The van der Waals surface area contributed by atoms with Crippen molar-refractivity contribution in [3.63, 3.8) is 0 Å². The minimum atomic E-state index is 0.440. The summed E-state index contributed by atoms with van der Waals surface area (Å²) in [6, 6.07) is 7.90. The molecule has 0 aliphatic heterocycles. The quantitative estimate of drug-likeness (QED) is 0.734. The number of methoxy groups -OCH3 is 2. The van der Waals surface area contributed by atoms with E-state index in [2.05, 4.69) is 16.9 Å². The van der Waals surface area contributed by atoms with Crippen LogP contribution in [0.4, 0.5) is 0 Å². The zero-order chi connectivity index (χ0) is 14.8. The van der Waals surface area contributed by atoms with Gasteiger partial charge < -0.3 is 13.9 Å². The second kappa shape index (κ2) is 5.44. The monoisotopic (exact) mass is 284 g/mol. The Bertz CT molecular complexity index is 780. The molecule has 21 heavy (non-hydrogen) atoms. The molecule has 0 amide bonds. The third kappa shape index (κ3) is 2.42. The average Bonchev–Trinajstić information content (AvgIpc) is 3.02. The van der Waals surface area contributed by atoms with Gasteiger partial charge in [0.2, 0.25) is 5.89 Å². The molecule has 0 radical (unpaired) electrons. The Hall–Kier alpha value is -2.56. The maximum atomic E-state index is 5.42. The van der Waals surface area contributed by atoms with Crippen LogP contribution in [0, 0.1) is 0 Å². The molecule has 0 atom stereocenters. The first kappa shape index (κ1) is 13.4. The lowest BCUT2D eigenvalue weighted by molar-refractivity contribution is 0.395. The molecule has 2 aromatic heterocycles. The molecule has 2 heterocycles. The van der Waals surface area contributed by atoms with Crippen LogP contribution in [0.15, 0.2) is 34.9 Å². The predicted molar refractivity (Wildman–Crippen MR) is 79.7 cm³/mol. The summed E-state index contributed by atoms with van der Waals surface area (Å²) in [4.78, 5) is 8.88. The van der Waals surface area contributed by atoms with Crippen molar-refractivity contribution in [2.75, 3.05) is 14.2 Å². The van der Waals surface area contributed by atoms with Crippen molar-refractivity contribution in [1.82, 2.24) is 9.97 Å². The number of ether oxygens (including phenoxy) is 2. The summed E-state index contributed by atoms with van der Waals surface area (Å²) in [5, 5.41) is 2.16. The fourth-order valence-corrected chi connectivity index (χ4v) is 2.28. The second-order valence-electron chi connectivity index (χ2n) is 4.59. The number of aromatic nitrogens is 2. The van der Waals surface area contributed by atoms with Gasteiger partial charge in [0.15, 0.2) is 6.26 Å². The number of oxazole rings is 1. The molecular weight excluding hydrogens is 268 g/mol. The fraction of sp³-hybridized carbons (Fsp3) is 0.250. The second-order valence-corrected chi connectivity index (χ2v) is 4.59. The molecule has 0 fully saturated rings. The molecule has 0 saturated heterocycles. The highest BCUT2D eigenvalue weighted by Gasteiger charge is 2.12. The largest absolute Gasteiger partial charge is 0.497 e. The summed E-state index contributed by atoms with van der Waals surface area (Å²) in [6.07, 6.45) is 2.30. The van der Waals surface area contributed by atoms with Crippen molar-refractivity contribution < 1.29 is 13.9 Å². The Balaban J connectivity index is 2.18. The van der Waals surface area contributed by atoms with Crippen LogP contribution in [0.3, 0.4) is 0 Å².